The number of nitrogens with one attached hydrogen (secondary N) is 2. The van der Waals surface area contributed by atoms with Gasteiger partial charge in [0.15, 0.2) is 0 Å². The second-order valence-electron chi connectivity index (χ2n) is 3.58. The van der Waals surface area contributed by atoms with Crippen molar-refractivity contribution in [3.05, 3.63) is 18.3 Å². The standard InChI is InChI=1S/C13H17N3O3/c1-3-6-14-10-12(17)16-11-4-5-13(15-9-11)19-8-7-18-2/h1,4-5,9,14H,6-8,10H2,2H3,(H,16,17). The molecule has 0 saturated heterocycles. The average molecular weight is 263 g/mol. The van der Waals surface area contributed by atoms with Crippen molar-refractivity contribution in [3.63, 3.8) is 0 Å². The smallest absolute Gasteiger partial charge is 0.238 e. The lowest BCUT2D eigenvalue weighted by molar-refractivity contribution is -0.115. The first-order valence-electron chi connectivity index (χ1n) is 5.78. The van der Waals surface area contributed by atoms with E-state index in [0.29, 0.717) is 31.3 Å². The Balaban J connectivity index is 2.35. The Hall–Kier alpha value is -2.10. The number of nitrogens with zero attached hydrogens (tertiary/aromatic N) is 1. The average Bonchev–Trinajstić information content (AvgIpc) is 2.41. The number of methoxy groups -OCH3 is 1. The fourth-order valence-electron chi connectivity index (χ4n) is 1.22. The van der Waals surface area contributed by atoms with E-state index in [1.54, 1.807) is 19.2 Å². The zero-order valence-corrected chi connectivity index (χ0v) is 10.8. The molecular weight excluding hydrogens is 246 g/mol. The first-order valence-corrected chi connectivity index (χ1v) is 5.78. The van der Waals surface area contributed by atoms with Crippen LogP contribution in [0.2, 0.25) is 0 Å². The third-order valence-electron chi connectivity index (χ3n) is 2.07. The van der Waals surface area contributed by atoms with Crippen molar-refractivity contribution in [1.29, 1.82) is 0 Å². The summed E-state index contributed by atoms with van der Waals surface area (Å²) in [5.41, 5.74) is 0.603. The highest BCUT2D eigenvalue weighted by atomic mass is 16.5. The van der Waals surface area contributed by atoms with Gasteiger partial charge in [0.1, 0.15) is 6.61 Å². The number of aromatic nitrogens is 1. The van der Waals surface area contributed by atoms with E-state index in [0.717, 1.165) is 0 Å². The Bertz CT molecular complexity index is 426. The maximum Gasteiger partial charge on any atom is 0.238 e. The Morgan fingerprint density at radius 2 is 2.32 bits per heavy atom. The zero-order valence-electron chi connectivity index (χ0n) is 10.8. The number of amides is 1. The van der Waals surface area contributed by atoms with Gasteiger partial charge in [-0.2, -0.15) is 0 Å². The fourth-order valence-corrected chi connectivity index (χ4v) is 1.22. The number of hydrogen-bond acceptors (Lipinski definition) is 5. The first-order chi connectivity index (χ1) is 9.26. The van der Waals surface area contributed by atoms with Gasteiger partial charge in [0.2, 0.25) is 11.8 Å². The van der Waals surface area contributed by atoms with Gasteiger partial charge in [-0.05, 0) is 6.07 Å². The molecule has 0 aromatic carbocycles. The molecule has 0 aliphatic heterocycles. The molecule has 0 aliphatic carbocycles. The molecule has 1 aromatic heterocycles. The molecule has 1 rings (SSSR count). The number of ether oxygens (including phenoxy) is 2. The summed E-state index contributed by atoms with van der Waals surface area (Å²) in [5, 5.41) is 5.48. The summed E-state index contributed by atoms with van der Waals surface area (Å²) in [6.07, 6.45) is 6.59. The van der Waals surface area contributed by atoms with Gasteiger partial charge in [0.05, 0.1) is 31.6 Å². The summed E-state index contributed by atoms with van der Waals surface area (Å²) in [5.74, 6) is 2.70. The van der Waals surface area contributed by atoms with E-state index in [-0.39, 0.29) is 12.5 Å². The van der Waals surface area contributed by atoms with Crippen LogP contribution in [0.15, 0.2) is 18.3 Å². The maximum atomic E-state index is 11.5. The normalized spacial score (nSPS) is 9.68. The van der Waals surface area contributed by atoms with Gasteiger partial charge < -0.3 is 14.8 Å². The van der Waals surface area contributed by atoms with Crippen LogP contribution in [0.25, 0.3) is 0 Å². The molecule has 0 saturated carbocycles. The summed E-state index contributed by atoms with van der Waals surface area (Å²) in [4.78, 5) is 15.5. The van der Waals surface area contributed by atoms with Gasteiger partial charge in [-0.1, -0.05) is 5.92 Å². The lowest BCUT2D eigenvalue weighted by Crippen LogP contribution is -2.28. The molecular formula is C13H17N3O3. The number of rotatable bonds is 8. The molecule has 0 unspecified atom stereocenters. The van der Waals surface area contributed by atoms with Gasteiger partial charge in [0.25, 0.3) is 0 Å². The van der Waals surface area contributed by atoms with Crippen LogP contribution < -0.4 is 15.4 Å². The maximum absolute atomic E-state index is 11.5. The van der Waals surface area contributed by atoms with Crippen LogP contribution >= 0.6 is 0 Å². The molecule has 19 heavy (non-hydrogen) atoms. The molecule has 1 amide bonds. The van der Waals surface area contributed by atoms with Gasteiger partial charge in [-0.15, -0.1) is 6.42 Å². The molecule has 0 aliphatic rings. The fraction of sp³-hybridized carbons (Fsp3) is 0.385. The van der Waals surface area contributed by atoms with Crippen molar-refractivity contribution >= 4 is 11.6 Å². The van der Waals surface area contributed by atoms with E-state index in [9.17, 15) is 4.79 Å². The summed E-state index contributed by atoms with van der Waals surface area (Å²) in [6.45, 7) is 1.46. The summed E-state index contributed by atoms with van der Waals surface area (Å²) in [7, 11) is 1.60. The Kier molecular flexibility index (Phi) is 7.02. The van der Waals surface area contributed by atoms with Crippen LogP contribution in [0.1, 0.15) is 0 Å². The number of carbonyl (C=O) groups excluding carboxylic acids is 1. The van der Waals surface area contributed by atoms with E-state index in [4.69, 9.17) is 15.9 Å². The second-order valence-corrected chi connectivity index (χ2v) is 3.58. The van der Waals surface area contributed by atoms with Gasteiger partial charge in [0, 0.05) is 13.2 Å². The van der Waals surface area contributed by atoms with Crippen molar-refractivity contribution in [1.82, 2.24) is 10.3 Å². The monoisotopic (exact) mass is 263 g/mol. The van der Waals surface area contributed by atoms with Crippen molar-refractivity contribution in [2.24, 2.45) is 0 Å². The number of hydrogen-bond donors (Lipinski definition) is 2. The number of terminal acetylenes is 1. The van der Waals surface area contributed by atoms with E-state index in [1.807, 2.05) is 0 Å². The summed E-state index contributed by atoms with van der Waals surface area (Å²) < 4.78 is 10.2. The van der Waals surface area contributed by atoms with Crippen LogP contribution in [0.5, 0.6) is 5.88 Å². The van der Waals surface area contributed by atoms with Crippen LogP contribution in [0, 0.1) is 12.3 Å². The van der Waals surface area contributed by atoms with Gasteiger partial charge >= 0.3 is 0 Å². The van der Waals surface area contributed by atoms with Crippen molar-refractivity contribution < 1.29 is 14.3 Å². The minimum Gasteiger partial charge on any atom is -0.475 e. The molecule has 6 heteroatoms. The Labute approximate surface area is 112 Å². The first kappa shape index (κ1) is 15.0. The predicted molar refractivity (Wildman–Crippen MR) is 71.9 cm³/mol. The van der Waals surface area contributed by atoms with E-state index < -0.39 is 0 Å². The molecule has 0 bridgehead atoms. The highest BCUT2D eigenvalue weighted by Gasteiger charge is 2.02. The molecule has 2 N–H and O–H groups in total. The molecule has 6 nitrogen and oxygen atoms in total. The Morgan fingerprint density at radius 1 is 1.47 bits per heavy atom. The summed E-state index contributed by atoms with van der Waals surface area (Å²) >= 11 is 0. The van der Waals surface area contributed by atoms with Crippen molar-refractivity contribution in [2.45, 2.75) is 0 Å². The zero-order chi connectivity index (χ0) is 13.9. The lowest BCUT2D eigenvalue weighted by Gasteiger charge is -2.07. The second kappa shape index (κ2) is 8.91. The van der Waals surface area contributed by atoms with Crippen LogP contribution in [0.4, 0.5) is 5.69 Å². The van der Waals surface area contributed by atoms with E-state index >= 15 is 0 Å². The topological polar surface area (TPSA) is 72.5 Å². The summed E-state index contributed by atoms with van der Waals surface area (Å²) in [6, 6.07) is 3.40. The van der Waals surface area contributed by atoms with Crippen LogP contribution in [-0.4, -0.2) is 44.3 Å². The van der Waals surface area contributed by atoms with Crippen molar-refractivity contribution in [2.75, 3.05) is 38.7 Å². The van der Waals surface area contributed by atoms with Gasteiger partial charge in [-0.25, -0.2) is 4.98 Å². The molecule has 102 valence electrons. The quantitative estimate of drug-likeness (QED) is 0.520. The molecule has 0 atom stereocenters. The minimum absolute atomic E-state index is 0.163. The lowest BCUT2D eigenvalue weighted by atomic mass is 10.4. The molecule has 1 heterocycles. The highest BCUT2D eigenvalue weighted by molar-refractivity contribution is 5.92. The Morgan fingerprint density at radius 3 is 2.95 bits per heavy atom. The number of pyridine rings is 1. The number of carbonyl (C=O) groups is 1. The molecule has 0 spiro atoms. The molecule has 1 aromatic rings. The van der Waals surface area contributed by atoms with Crippen LogP contribution in [-0.2, 0) is 9.53 Å². The van der Waals surface area contributed by atoms with E-state index in [2.05, 4.69) is 21.5 Å². The highest BCUT2D eigenvalue weighted by Crippen LogP contribution is 2.11. The van der Waals surface area contributed by atoms with E-state index in [1.165, 1.54) is 6.20 Å². The third kappa shape index (κ3) is 6.41. The number of anilines is 1. The largest absolute Gasteiger partial charge is 0.475 e. The SMILES string of the molecule is C#CCNCC(=O)Nc1ccc(OCCOC)nc1. The van der Waals surface area contributed by atoms with Gasteiger partial charge in [-0.3, -0.25) is 10.1 Å². The molecule has 0 radical (unpaired) electrons. The van der Waals surface area contributed by atoms with Crippen LogP contribution in [0.3, 0.4) is 0 Å². The third-order valence-corrected chi connectivity index (χ3v) is 2.07. The predicted octanol–water partition coefficient (Wildman–Crippen LogP) is 0.268. The van der Waals surface area contributed by atoms with Crippen molar-refractivity contribution in [3.8, 4) is 18.2 Å². The minimum atomic E-state index is -0.176. The molecule has 0 fully saturated rings.